The second kappa shape index (κ2) is 5.74. The fourth-order valence-corrected chi connectivity index (χ4v) is 1.77. The molecule has 0 unspecified atom stereocenters. The predicted molar refractivity (Wildman–Crippen MR) is 70.7 cm³/mol. The van der Waals surface area contributed by atoms with Gasteiger partial charge in [0.2, 0.25) is 0 Å². The van der Waals surface area contributed by atoms with Crippen LogP contribution in [0.1, 0.15) is 22.3 Å². The highest BCUT2D eigenvalue weighted by Gasteiger charge is 2.00. The smallest absolute Gasteiger partial charge is 0.126 e. The number of nitrogens with zero attached hydrogens (tertiary/aromatic N) is 1. The van der Waals surface area contributed by atoms with Gasteiger partial charge in [-0.05, 0) is 48.2 Å². The summed E-state index contributed by atoms with van der Waals surface area (Å²) in [4.78, 5) is 4.10. The third kappa shape index (κ3) is 3.14. The molecule has 0 fully saturated rings. The lowest BCUT2D eigenvalue weighted by Gasteiger charge is -2.08. The van der Waals surface area contributed by atoms with Gasteiger partial charge in [0.1, 0.15) is 5.82 Å². The van der Waals surface area contributed by atoms with Crippen molar-refractivity contribution < 1.29 is 4.39 Å². The van der Waals surface area contributed by atoms with Gasteiger partial charge in [-0.25, -0.2) is 4.39 Å². The van der Waals surface area contributed by atoms with E-state index in [-0.39, 0.29) is 5.82 Å². The average molecular weight is 244 g/mol. The zero-order valence-corrected chi connectivity index (χ0v) is 10.7. The number of benzene rings is 1. The van der Waals surface area contributed by atoms with Crippen molar-refractivity contribution in [2.75, 3.05) is 0 Å². The molecule has 0 amide bonds. The lowest BCUT2D eigenvalue weighted by atomic mass is 10.1. The first-order valence-corrected chi connectivity index (χ1v) is 6.02. The average Bonchev–Trinajstić information content (AvgIpc) is 2.36. The van der Waals surface area contributed by atoms with Crippen LogP contribution < -0.4 is 5.32 Å². The predicted octanol–water partition coefficient (Wildman–Crippen LogP) is 3.13. The molecule has 0 saturated heterocycles. The normalized spacial score (nSPS) is 10.6. The Morgan fingerprint density at radius 3 is 2.67 bits per heavy atom. The Hall–Kier alpha value is -1.74. The Morgan fingerprint density at radius 1 is 1.11 bits per heavy atom. The number of hydrogen-bond donors (Lipinski definition) is 1. The molecule has 0 radical (unpaired) electrons. The van der Waals surface area contributed by atoms with E-state index in [2.05, 4.69) is 17.2 Å². The van der Waals surface area contributed by atoms with Crippen molar-refractivity contribution in [1.82, 2.24) is 10.3 Å². The summed E-state index contributed by atoms with van der Waals surface area (Å²) in [5.74, 6) is -0.146. The minimum absolute atomic E-state index is 0.146. The molecule has 2 rings (SSSR count). The number of aryl methyl sites for hydroxylation is 2. The molecule has 1 heterocycles. The van der Waals surface area contributed by atoms with Crippen LogP contribution in [0.5, 0.6) is 0 Å². The van der Waals surface area contributed by atoms with Crippen molar-refractivity contribution >= 4 is 0 Å². The van der Waals surface area contributed by atoms with Crippen molar-refractivity contribution in [2.24, 2.45) is 0 Å². The first kappa shape index (κ1) is 12.7. The van der Waals surface area contributed by atoms with Crippen LogP contribution in [0.2, 0.25) is 0 Å². The molecule has 1 aromatic carbocycles. The third-order valence-electron chi connectivity index (χ3n) is 3.03. The van der Waals surface area contributed by atoms with Gasteiger partial charge in [0.05, 0.1) is 0 Å². The van der Waals surface area contributed by atoms with E-state index in [4.69, 9.17) is 0 Å². The van der Waals surface area contributed by atoms with Crippen molar-refractivity contribution in [1.29, 1.82) is 0 Å². The summed E-state index contributed by atoms with van der Waals surface area (Å²) in [6, 6.07) is 7.32. The standard InChI is InChI=1S/C15H17FN2/c1-11-5-6-17-9-14(11)10-18-8-13-4-3-12(2)15(16)7-13/h3-7,9,18H,8,10H2,1-2H3. The lowest BCUT2D eigenvalue weighted by Crippen LogP contribution is -2.13. The number of pyridine rings is 1. The molecular formula is C15H17FN2. The van der Waals surface area contributed by atoms with Crippen LogP contribution in [0.4, 0.5) is 4.39 Å². The first-order chi connectivity index (χ1) is 8.66. The van der Waals surface area contributed by atoms with E-state index in [1.54, 1.807) is 19.2 Å². The number of halogens is 1. The summed E-state index contributed by atoms with van der Waals surface area (Å²) in [5.41, 5.74) is 4.03. The number of rotatable bonds is 4. The number of aromatic nitrogens is 1. The Kier molecular flexibility index (Phi) is 4.05. The molecule has 0 bridgehead atoms. The molecule has 2 aromatic rings. The van der Waals surface area contributed by atoms with Gasteiger partial charge in [0, 0.05) is 25.5 Å². The van der Waals surface area contributed by atoms with Crippen LogP contribution in [0.25, 0.3) is 0 Å². The van der Waals surface area contributed by atoms with Crippen LogP contribution >= 0.6 is 0 Å². The van der Waals surface area contributed by atoms with Gasteiger partial charge in [-0.1, -0.05) is 12.1 Å². The fraction of sp³-hybridized carbons (Fsp3) is 0.267. The van der Waals surface area contributed by atoms with E-state index in [9.17, 15) is 4.39 Å². The van der Waals surface area contributed by atoms with Gasteiger partial charge in [0.25, 0.3) is 0 Å². The van der Waals surface area contributed by atoms with Gasteiger partial charge in [-0.15, -0.1) is 0 Å². The summed E-state index contributed by atoms with van der Waals surface area (Å²) in [6.45, 7) is 5.23. The van der Waals surface area contributed by atoms with Crippen LogP contribution in [-0.4, -0.2) is 4.98 Å². The van der Waals surface area contributed by atoms with Crippen LogP contribution in [0.15, 0.2) is 36.7 Å². The van der Waals surface area contributed by atoms with E-state index in [1.165, 1.54) is 11.1 Å². The van der Waals surface area contributed by atoms with E-state index in [1.807, 2.05) is 24.4 Å². The number of hydrogen-bond acceptors (Lipinski definition) is 2. The summed E-state index contributed by atoms with van der Waals surface area (Å²) in [5, 5.41) is 3.30. The molecule has 3 heteroatoms. The van der Waals surface area contributed by atoms with Gasteiger partial charge < -0.3 is 5.32 Å². The summed E-state index contributed by atoms with van der Waals surface area (Å²) < 4.78 is 13.4. The largest absolute Gasteiger partial charge is 0.309 e. The summed E-state index contributed by atoms with van der Waals surface area (Å²) in [7, 11) is 0. The maximum Gasteiger partial charge on any atom is 0.126 e. The van der Waals surface area contributed by atoms with Crippen LogP contribution in [-0.2, 0) is 13.1 Å². The summed E-state index contributed by atoms with van der Waals surface area (Å²) >= 11 is 0. The molecule has 0 aliphatic carbocycles. The SMILES string of the molecule is Cc1ccc(CNCc2cnccc2C)cc1F. The quantitative estimate of drug-likeness (QED) is 0.893. The van der Waals surface area contributed by atoms with E-state index < -0.39 is 0 Å². The second-order valence-electron chi connectivity index (χ2n) is 4.49. The minimum atomic E-state index is -0.146. The molecule has 0 saturated carbocycles. The highest BCUT2D eigenvalue weighted by molar-refractivity contribution is 5.24. The van der Waals surface area contributed by atoms with Gasteiger partial charge in [0.15, 0.2) is 0 Å². The van der Waals surface area contributed by atoms with Crippen LogP contribution in [0.3, 0.4) is 0 Å². The second-order valence-corrected chi connectivity index (χ2v) is 4.49. The molecule has 94 valence electrons. The molecule has 0 aliphatic rings. The molecular weight excluding hydrogens is 227 g/mol. The summed E-state index contributed by atoms with van der Waals surface area (Å²) in [6.07, 6.45) is 3.65. The van der Waals surface area contributed by atoms with Crippen molar-refractivity contribution in [3.63, 3.8) is 0 Å². The maximum atomic E-state index is 13.4. The van der Waals surface area contributed by atoms with Crippen molar-refractivity contribution in [2.45, 2.75) is 26.9 Å². The monoisotopic (exact) mass is 244 g/mol. The molecule has 0 aliphatic heterocycles. The van der Waals surface area contributed by atoms with E-state index >= 15 is 0 Å². The Bertz CT molecular complexity index is 538. The molecule has 1 aromatic heterocycles. The molecule has 1 N–H and O–H groups in total. The fourth-order valence-electron chi connectivity index (χ4n) is 1.77. The Morgan fingerprint density at radius 2 is 1.94 bits per heavy atom. The molecule has 18 heavy (non-hydrogen) atoms. The topological polar surface area (TPSA) is 24.9 Å². The van der Waals surface area contributed by atoms with Crippen LogP contribution in [0, 0.1) is 19.7 Å². The highest BCUT2D eigenvalue weighted by atomic mass is 19.1. The lowest BCUT2D eigenvalue weighted by molar-refractivity contribution is 0.611. The van der Waals surface area contributed by atoms with Crippen molar-refractivity contribution in [3.8, 4) is 0 Å². The van der Waals surface area contributed by atoms with Crippen molar-refractivity contribution in [3.05, 3.63) is 64.7 Å². The zero-order chi connectivity index (χ0) is 13.0. The molecule has 0 spiro atoms. The van der Waals surface area contributed by atoms with E-state index in [0.29, 0.717) is 12.1 Å². The Balaban J connectivity index is 1.92. The Labute approximate surface area is 107 Å². The third-order valence-corrected chi connectivity index (χ3v) is 3.03. The van der Waals surface area contributed by atoms with Gasteiger partial charge >= 0.3 is 0 Å². The van der Waals surface area contributed by atoms with Gasteiger partial charge in [-0.2, -0.15) is 0 Å². The van der Waals surface area contributed by atoms with Gasteiger partial charge in [-0.3, -0.25) is 4.98 Å². The first-order valence-electron chi connectivity index (χ1n) is 6.02. The maximum absolute atomic E-state index is 13.4. The van der Waals surface area contributed by atoms with E-state index in [0.717, 1.165) is 12.1 Å². The molecule has 2 nitrogen and oxygen atoms in total. The zero-order valence-electron chi connectivity index (χ0n) is 10.7. The number of nitrogens with one attached hydrogen (secondary N) is 1. The molecule has 0 atom stereocenters. The highest BCUT2D eigenvalue weighted by Crippen LogP contribution is 2.09. The minimum Gasteiger partial charge on any atom is -0.309 e.